The lowest BCUT2D eigenvalue weighted by Gasteiger charge is -2.52. The predicted molar refractivity (Wildman–Crippen MR) is 99.4 cm³/mol. The minimum absolute atomic E-state index is 0.0105. The van der Waals surface area contributed by atoms with Gasteiger partial charge in [-0.1, -0.05) is 19.9 Å². The van der Waals surface area contributed by atoms with E-state index in [1.165, 1.54) is 0 Å². The Labute approximate surface area is 155 Å². The van der Waals surface area contributed by atoms with Crippen molar-refractivity contribution in [2.24, 2.45) is 11.3 Å². The molecular weight excluding hydrogens is 329 g/mol. The summed E-state index contributed by atoms with van der Waals surface area (Å²) in [5.41, 5.74) is 1.79. The van der Waals surface area contributed by atoms with Crippen molar-refractivity contribution in [3.8, 4) is 0 Å². The van der Waals surface area contributed by atoms with Crippen LogP contribution in [-0.2, 0) is 4.79 Å². The van der Waals surface area contributed by atoms with Crippen LogP contribution in [0.1, 0.15) is 75.8 Å². The Morgan fingerprint density at radius 1 is 1.23 bits per heavy atom. The molecular formula is C22H30FNO2. The fourth-order valence-electron chi connectivity index (χ4n) is 5.34. The molecule has 1 unspecified atom stereocenters. The van der Waals surface area contributed by atoms with Crippen molar-refractivity contribution >= 4 is 5.91 Å². The Morgan fingerprint density at radius 3 is 2.54 bits per heavy atom. The van der Waals surface area contributed by atoms with Crippen LogP contribution in [0.4, 0.5) is 4.39 Å². The number of aliphatic hydroxyl groups is 1. The van der Waals surface area contributed by atoms with E-state index in [0.717, 1.165) is 43.5 Å². The van der Waals surface area contributed by atoms with Crippen LogP contribution in [0.15, 0.2) is 18.2 Å². The number of hydrogen-bond donors (Lipinski definition) is 1. The Balaban J connectivity index is 1.37. The number of nitrogens with zero attached hydrogens (tertiary/aromatic N) is 1. The molecule has 4 heteroatoms. The zero-order valence-corrected chi connectivity index (χ0v) is 16.1. The Bertz CT molecular complexity index is 713. The Morgan fingerprint density at radius 2 is 1.92 bits per heavy atom. The van der Waals surface area contributed by atoms with Gasteiger partial charge in [-0.15, -0.1) is 0 Å². The van der Waals surface area contributed by atoms with E-state index < -0.39 is 5.60 Å². The van der Waals surface area contributed by atoms with Crippen molar-refractivity contribution in [1.82, 2.24) is 4.90 Å². The Hall–Kier alpha value is -1.42. The summed E-state index contributed by atoms with van der Waals surface area (Å²) in [4.78, 5) is 14.5. The maximum Gasteiger partial charge on any atom is 0.225 e. The van der Waals surface area contributed by atoms with Crippen LogP contribution in [0.3, 0.4) is 0 Å². The van der Waals surface area contributed by atoms with Crippen LogP contribution >= 0.6 is 0 Å². The van der Waals surface area contributed by atoms with Crippen LogP contribution in [0.5, 0.6) is 0 Å². The summed E-state index contributed by atoms with van der Waals surface area (Å²) in [6.45, 7) is 7.69. The van der Waals surface area contributed by atoms with E-state index >= 15 is 0 Å². The standard InChI is InChI=1S/C22H30FNO2/c1-14(2)16-6-17(8-19(23)7-16)15-4-5-22(11-15)12-24(13-22)20(25)18-9-21(3,26)10-18/h6-8,14-15,18,26H,4-5,9-13H2,1-3H3. The van der Waals surface area contributed by atoms with Gasteiger partial charge < -0.3 is 10.0 Å². The van der Waals surface area contributed by atoms with Gasteiger partial charge in [0.2, 0.25) is 5.91 Å². The van der Waals surface area contributed by atoms with Crippen LogP contribution in [-0.4, -0.2) is 34.6 Å². The molecule has 1 atom stereocenters. The lowest BCUT2D eigenvalue weighted by Crippen LogP contribution is -2.61. The van der Waals surface area contributed by atoms with E-state index in [1.807, 2.05) is 4.90 Å². The van der Waals surface area contributed by atoms with Gasteiger partial charge in [-0.05, 0) is 74.1 Å². The highest BCUT2D eigenvalue weighted by Gasteiger charge is 2.53. The van der Waals surface area contributed by atoms with E-state index in [-0.39, 0.29) is 23.1 Å². The molecule has 142 valence electrons. The first kappa shape index (κ1) is 18.0. The maximum atomic E-state index is 14.0. The molecule has 1 amide bonds. The highest BCUT2D eigenvalue weighted by atomic mass is 19.1. The molecule has 1 N–H and O–H groups in total. The first-order chi connectivity index (χ1) is 12.2. The molecule has 26 heavy (non-hydrogen) atoms. The second kappa shape index (κ2) is 6.05. The number of rotatable bonds is 3. The molecule has 4 rings (SSSR count). The zero-order valence-electron chi connectivity index (χ0n) is 16.1. The summed E-state index contributed by atoms with van der Waals surface area (Å²) in [6, 6.07) is 5.53. The number of hydrogen-bond acceptors (Lipinski definition) is 2. The molecule has 1 aliphatic heterocycles. The third-order valence-corrected chi connectivity index (χ3v) is 6.87. The van der Waals surface area contributed by atoms with E-state index in [1.54, 1.807) is 19.1 Å². The molecule has 3 aliphatic rings. The minimum atomic E-state index is -0.646. The smallest absolute Gasteiger partial charge is 0.225 e. The van der Waals surface area contributed by atoms with Crippen LogP contribution in [0.2, 0.25) is 0 Å². The molecule has 1 saturated heterocycles. The maximum absolute atomic E-state index is 14.0. The average molecular weight is 359 g/mol. The highest BCUT2D eigenvalue weighted by molar-refractivity contribution is 5.81. The topological polar surface area (TPSA) is 40.5 Å². The van der Waals surface area contributed by atoms with Crippen molar-refractivity contribution < 1.29 is 14.3 Å². The molecule has 0 aromatic heterocycles. The summed E-state index contributed by atoms with van der Waals surface area (Å²) in [6.07, 6.45) is 4.46. The second-order valence-corrected chi connectivity index (χ2v) is 9.71. The first-order valence-corrected chi connectivity index (χ1v) is 9.98. The van der Waals surface area contributed by atoms with E-state index in [2.05, 4.69) is 19.9 Å². The normalized spacial score (nSPS) is 32.6. The molecule has 1 aromatic carbocycles. The fraction of sp³-hybridized carbons (Fsp3) is 0.682. The number of benzene rings is 1. The van der Waals surface area contributed by atoms with Gasteiger partial charge in [0.25, 0.3) is 0 Å². The van der Waals surface area contributed by atoms with Gasteiger partial charge in [-0.25, -0.2) is 4.39 Å². The van der Waals surface area contributed by atoms with Crippen molar-refractivity contribution in [2.75, 3.05) is 13.1 Å². The monoisotopic (exact) mass is 359 g/mol. The molecule has 1 aromatic rings. The van der Waals surface area contributed by atoms with Gasteiger partial charge in [-0.3, -0.25) is 4.79 Å². The molecule has 0 radical (unpaired) electrons. The largest absolute Gasteiger partial charge is 0.390 e. The van der Waals surface area contributed by atoms with Crippen molar-refractivity contribution in [2.45, 2.75) is 70.3 Å². The SMILES string of the molecule is CC(C)c1cc(F)cc(C2CCC3(C2)CN(C(=O)C2CC(C)(O)C2)C3)c1. The van der Waals surface area contributed by atoms with Crippen molar-refractivity contribution in [3.63, 3.8) is 0 Å². The summed E-state index contributed by atoms with van der Waals surface area (Å²) in [7, 11) is 0. The average Bonchev–Trinajstić information content (AvgIpc) is 2.95. The van der Waals surface area contributed by atoms with E-state index in [0.29, 0.717) is 24.7 Å². The van der Waals surface area contributed by atoms with Crippen molar-refractivity contribution in [1.29, 1.82) is 0 Å². The van der Waals surface area contributed by atoms with Gasteiger partial charge in [-0.2, -0.15) is 0 Å². The van der Waals surface area contributed by atoms with Gasteiger partial charge in [0.1, 0.15) is 5.82 Å². The van der Waals surface area contributed by atoms with Gasteiger partial charge >= 0.3 is 0 Å². The van der Waals surface area contributed by atoms with Crippen LogP contribution in [0, 0.1) is 17.2 Å². The lowest BCUT2D eigenvalue weighted by atomic mass is 9.69. The van der Waals surface area contributed by atoms with Gasteiger partial charge in [0, 0.05) is 24.4 Å². The minimum Gasteiger partial charge on any atom is -0.390 e. The summed E-state index contributed by atoms with van der Waals surface area (Å²) in [5.74, 6) is 0.839. The first-order valence-electron chi connectivity index (χ1n) is 9.98. The zero-order chi connectivity index (χ0) is 18.7. The third kappa shape index (κ3) is 3.17. The number of amides is 1. The number of carbonyl (C=O) groups excluding carboxylic acids is 1. The Kier molecular flexibility index (Phi) is 4.18. The van der Waals surface area contributed by atoms with E-state index in [9.17, 15) is 14.3 Å². The molecule has 1 heterocycles. The lowest BCUT2D eigenvalue weighted by molar-refractivity contribution is -0.161. The fourth-order valence-corrected chi connectivity index (χ4v) is 5.34. The second-order valence-electron chi connectivity index (χ2n) is 9.71. The van der Waals surface area contributed by atoms with Crippen LogP contribution in [0.25, 0.3) is 0 Å². The predicted octanol–water partition coefficient (Wildman–Crippen LogP) is 4.21. The summed E-state index contributed by atoms with van der Waals surface area (Å²) in [5, 5.41) is 9.85. The summed E-state index contributed by atoms with van der Waals surface area (Å²) < 4.78 is 14.0. The molecule has 2 aliphatic carbocycles. The molecule has 3 fully saturated rings. The molecule has 0 bridgehead atoms. The van der Waals surface area contributed by atoms with Gasteiger partial charge in [0.15, 0.2) is 0 Å². The quantitative estimate of drug-likeness (QED) is 0.878. The molecule has 2 saturated carbocycles. The summed E-state index contributed by atoms with van der Waals surface area (Å²) >= 11 is 0. The number of carbonyl (C=O) groups is 1. The highest BCUT2D eigenvalue weighted by Crippen LogP contribution is 2.53. The van der Waals surface area contributed by atoms with Crippen LogP contribution < -0.4 is 0 Å². The number of halogens is 1. The molecule has 1 spiro atoms. The number of likely N-dealkylation sites (tertiary alicyclic amines) is 1. The van der Waals surface area contributed by atoms with Crippen molar-refractivity contribution in [3.05, 3.63) is 35.1 Å². The van der Waals surface area contributed by atoms with E-state index in [4.69, 9.17) is 0 Å². The molecule has 3 nitrogen and oxygen atoms in total. The van der Waals surface area contributed by atoms with Gasteiger partial charge in [0.05, 0.1) is 5.60 Å². The third-order valence-electron chi connectivity index (χ3n) is 6.87.